The van der Waals surface area contributed by atoms with Crippen LogP contribution >= 0.6 is 0 Å². The van der Waals surface area contributed by atoms with Crippen LogP contribution in [0.1, 0.15) is 367 Å². The number of carbonyl (C=O) groups is 3. The van der Waals surface area contributed by atoms with Crippen LogP contribution in [0.15, 0.2) is 85.1 Å². The first-order chi connectivity index (χ1) is 41.0. The van der Waals surface area contributed by atoms with Gasteiger partial charge in [0.1, 0.15) is 13.2 Å². The minimum absolute atomic E-state index is 0.0823. The summed E-state index contributed by atoms with van der Waals surface area (Å²) in [5, 5.41) is 0. The molecule has 0 saturated carbocycles. The molecule has 83 heavy (non-hydrogen) atoms. The van der Waals surface area contributed by atoms with Crippen LogP contribution in [-0.2, 0) is 28.6 Å². The molecule has 0 amide bonds. The van der Waals surface area contributed by atoms with E-state index in [0.29, 0.717) is 19.3 Å². The van der Waals surface area contributed by atoms with E-state index < -0.39 is 6.10 Å². The lowest BCUT2D eigenvalue weighted by Crippen LogP contribution is -2.30. The lowest BCUT2D eigenvalue weighted by Gasteiger charge is -2.18. The third-order valence-electron chi connectivity index (χ3n) is 15.9. The van der Waals surface area contributed by atoms with Crippen LogP contribution in [0, 0.1) is 0 Å². The molecule has 0 aromatic heterocycles. The summed E-state index contributed by atoms with van der Waals surface area (Å²) >= 11 is 0. The smallest absolute Gasteiger partial charge is 0.306 e. The van der Waals surface area contributed by atoms with Crippen molar-refractivity contribution < 1.29 is 28.6 Å². The number of unbranched alkanes of at least 4 members (excludes halogenated alkanes) is 41. The Labute approximate surface area is 515 Å². The Bertz CT molecular complexity index is 1570. The van der Waals surface area contributed by atoms with Gasteiger partial charge >= 0.3 is 17.9 Å². The first-order valence-electron chi connectivity index (χ1n) is 36.1. The van der Waals surface area contributed by atoms with Gasteiger partial charge in [-0.1, -0.05) is 337 Å². The summed E-state index contributed by atoms with van der Waals surface area (Å²) in [7, 11) is 0. The predicted octanol–water partition coefficient (Wildman–Crippen LogP) is 25.0. The zero-order chi connectivity index (χ0) is 59.9. The van der Waals surface area contributed by atoms with Crippen LogP contribution in [0.5, 0.6) is 0 Å². The molecule has 0 aliphatic heterocycles. The second-order valence-electron chi connectivity index (χ2n) is 24.1. The van der Waals surface area contributed by atoms with Crippen LogP contribution in [0.2, 0.25) is 0 Å². The van der Waals surface area contributed by atoms with Gasteiger partial charge in [-0.05, 0) is 96.3 Å². The Kier molecular flexibility index (Phi) is 68.2. The van der Waals surface area contributed by atoms with Crippen LogP contribution in [0.25, 0.3) is 0 Å². The average Bonchev–Trinajstić information content (AvgIpc) is 3.49. The second-order valence-corrected chi connectivity index (χ2v) is 24.1. The van der Waals surface area contributed by atoms with Crippen LogP contribution < -0.4 is 0 Å². The minimum atomic E-state index is -0.788. The molecule has 6 nitrogen and oxygen atoms in total. The van der Waals surface area contributed by atoms with E-state index in [4.69, 9.17) is 14.2 Å². The molecule has 0 aliphatic rings. The van der Waals surface area contributed by atoms with Crippen molar-refractivity contribution in [3.8, 4) is 0 Å². The molecular weight excluding hydrogens is 1020 g/mol. The molecule has 0 fully saturated rings. The van der Waals surface area contributed by atoms with Gasteiger partial charge in [0.05, 0.1) is 0 Å². The lowest BCUT2D eigenvalue weighted by molar-refractivity contribution is -0.167. The minimum Gasteiger partial charge on any atom is -0.462 e. The van der Waals surface area contributed by atoms with Crippen molar-refractivity contribution >= 4 is 17.9 Å². The topological polar surface area (TPSA) is 78.9 Å². The highest BCUT2D eigenvalue weighted by atomic mass is 16.6. The number of ether oxygens (including phenoxy) is 3. The van der Waals surface area contributed by atoms with E-state index in [2.05, 4.69) is 106 Å². The molecule has 0 N–H and O–H groups in total. The van der Waals surface area contributed by atoms with Crippen molar-refractivity contribution in [1.29, 1.82) is 0 Å². The summed E-state index contributed by atoms with van der Waals surface area (Å²) in [5.74, 6) is -0.881. The van der Waals surface area contributed by atoms with Gasteiger partial charge < -0.3 is 14.2 Å². The molecule has 0 aromatic carbocycles. The molecule has 1 unspecified atom stereocenters. The van der Waals surface area contributed by atoms with Crippen LogP contribution in [0.3, 0.4) is 0 Å². The molecule has 6 heteroatoms. The molecule has 0 aromatic rings. The summed E-state index contributed by atoms with van der Waals surface area (Å²) in [4.78, 5) is 38.5. The third-order valence-corrected chi connectivity index (χ3v) is 15.9. The predicted molar refractivity (Wildman–Crippen MR) is 362 cm³/mol. The van der Waals surface area contributed by atoms with Gasteiger partial charge in [-0.15, -0.1) is 0 Å². The number of esters is 3. The highest BCUT2D eigenvalue weighted by Gasteiger charge is 2.19. The van der Waals surface area contributed by atoms with Crippen molar-refractivity contribution in [3.63, 3.8) is 0 Å². The van der Waals surface area contributed by atoms with Crippen LogP contribution in [0.4, 0.5) is 0 Å². The Morgan fingerprint density at radius 1 is 0.253 bits per heavy atom. The lowest BCUT2D eigenvalue weighted by atomic mass is 10.0. The van der Waals surface area contributed by atoms with Gasteiger partial charge in [-0.25, -0.2) is 0 Å². The van der Waals surface area contributed by atoms with Gasteiger partial charge in [0.25, 0.3) is 0 Å². The Morgan fingerprint density at radius 2 is 0.470 bits per heavy atom. The zero-order valence-electron chi connectivity index (χ0n) is 55.2. The molecule has 0 bridgehead atoms. The van der Waals surface area contributed by atoms with E-state index in [9.17, 15) is 14.4 Å². The van der Waals surface area contributed by atoms with Gasteiger partial charge in [0.2, 0.25) is 0 Å². The number of allylic oxidation sites excluding steroid dienone is 14. The van der Waals surface area contributed by atoms with Crippen molar-refractivity contribution in [2.24, 2.45) is 0 Å². The normalized spacial score (nSPS) is 12.6. The molecule has 0 rings (SSSR count). The molecule has 1 atom stereocenters. The van der Waals surface area contributed by atoms with E-state index in [1.165, 1.54) is 218 Å². The first kappa shape index (κ1) is 79.6. The van der Waals surface area contributed by atoms with Crippen LogP contribution in [-0.4, -0.2) is 37.2 Å². The largest absolute Gasteiger partial charge is 0.462 e. The average molecular weight is 1160 g/mol. The molecule has 480 valence electrons. The number of rotatable bonds is 66. The summed E-state index contributed by atoms with van der Waals surface area (Å²) in [6.45, 7) is 6.56. The van der Waals surface area contributed by atoms with E-state index >= 15 is 0 Å². The maximum absolute atomic E-state index is 13.0. The molecule has 0 saturated heterocycles. The number of hydrogen-bond donors (Lipinski definition) is 0. The molecule has 0 heterocycles. The fraction of sp³-hybridized carbons (Fsp3) is 0.779. The second kappa shape index (κ2) is 71.1. The molecule has 0 aliphatic carbocycles. The number of carbonyl (C=O) groups excluding carboxylic acids is 3. The zero-order valence-corrected chi connectivity index (χ0v) is 55.2. The monoisotopic (exact) mass is 1160 g/mol. The molecule has 0 spiro atoms. The van der Waals surface area contributed by atoms with Crippen molar-refractivity contribution in [3.05, 3.63) is 85.1 Å². The summed E-state index contributed by atoms with van der Waals surface area (Å²) in [5.41, 5.74) is 0. The number of hydrogen-bond acceptors (Lipinski definition) is 6. The van der Waals surface area contributed by atoms with E-state index in [0.717, 1.165) is 109 Å². The molecular formula is C77H136O6. The summed E-state index contributed by atoms with van der Waals surface area (Å²) < 4.78 is 17.0. The van der Waals surface area contributed by atoms with Crippen molar-refractivity contribution in [2.75, 3.05) is 13.2 Å². The van der Waals surface area contributed by atoms with Gasteiger partial charge in [-0.3, -0.25) is 14.4 Å². The highest BCUT2D eigenvalue weighted by Crippen LogP contribution is 2.18. The maximum Gasteiger partial charge on any atom is 0.306 e. The Hall–Kier alpha value is -3.41. The highest BCUT2D eigenvalue weighted by molar-refractivity contribution is 5.71. The standard InChI is InChI=1S/C77H136O6/c1-4-7-10-13-16-19-22-25-28-31-34-36-38-40-43-46-49-52-55-58-61-64-67-70-76(79)82-73-74(72-81-75(78)69-66-63-60-57-54-51-48-45-42-33-30-27-24-21-18-15-12-9-6-3)83-77(80)71-68-65-62-59-56-53-50-47-44-41-39-37-35-32-29-26-23-20-17-14-11-8-5-2/h9,12,18,21-22,25,27,30-31,34,38,40,42,45,74H,4-8,10-11,13-17,19-20,23-24,26,28-29,32-33,35-37,39,41,43-44,46-73H2,1-3H3/b12-9-,21-18-,25-22-,30-27-,34-31-,40-38-,45-42-. The summed E-state index contributed by atoms with van der Waals surface area (Å²) in [6.07, 6.45) is 94.6. The SMILES string of the molecule is CC/C=C\C/C=C\C/C=C\C/C=C\CCCCCCCCC(=O)OCC(COC(=O)CCCCCCCCCC/C=C\C/C=C\C/C=C\CCCCCCC)OC(=O)CCCCCCCCCCCCCCCCCCCCCCCCC. The van der Waals surface area contributed by atoms with E-state index in [1.807, 2.05) is 0 Å². The van der Waals surface area contributed by atoms with E-state index in [1.54, 1.807) is 0 Å². The quantitative estimate of drug-likeness (QED) is 0.0261. The van der Waals surface area contributed by atoms with E-state index in [-0.39, 0.29) is 31.1 Å². The van der Waals surface area contributed by atoms with Gasteiger partial charge in [0, 0.05) is 19.3 Å². The van der Waals surface area contributed by atoms with Gasteiger partial charge in [0.15, 0.2) is 6.10 Å². The van der Waals surface area contributed by atoms with Gasteiger partial charge in [-0.2, -0.15) is 0 Å². The molecule has 0 radical (unpaired) electrons. The maximum atomic E-state index is 13.0. The fourth-order valence-electron chi connectivity index (χ4n) is 10.5. The fourth-order valence-corrected chi connectivity index (χ4v) is 10.5. The van der Waals surface area contributed by atoms with Crippen molar-refractivity contribution in [1.82, 2.24) is 0 Å². The van der Waals surface area contributed by atoms with Crippen molar-refractivity contribution in [2.45, 2.75) is 374 Å². The third kappa shape index (κ3) is 69.3. The Balaban J connectivity index is 4.38. The summed E-state index contributed by atoms with van der Waals surface area (Å²) in [6, 6.07) is 0. The first-order valence-corrected chi connectivity index (χ1v) is 36.1. The Morgan fingerprint density at radius 3 is 0.735 bits per heavy atom.